The zero-order valence-corrected chi connectivity index (χ0v) is 13.6. The standard InChI is InChI=1S/C14H18ClFN2O2S/c1-4-7-18(6-3)21(19,20)13-9-12(15)8-11(14(13)16)10-17-5-2/h1,8-9,17H,5-7,10H2,2-3H3. The van der Waals surface area contributed by atoms with Gasteiger partial charge in [-0.3, -0.25) is 0 Å². The highest BCUT2D eigenvalue weighted by Crippen LogP contribution is 2.26. The van der Waals surface area contributed by atoms with Crippen molar-refractivity contribution in [2.24, 2.45) is 0 Å². The molecule has 1 aromatic carbocycles. The zero-order chi connectivity index (χ0) is 16.0. The minimum atomic E-state index is -4.01. The van der Waals surface area contributed by atoms with Crippen LogP contribution in [0, 0.1) is 18.2 Å². The number of halogens is 2. The molecule has 0 aromatic heterocycles. The molecule has 0 amide bonds. The van der Waals surface area contributed by atoms with Crippen molar-refractivity contribution in [1.82, 2.24) is 9.62 Å². The quantitative estimate of drug-likeness (QED) is 0.779. The van der Waals surface area contributed by atoms with E-state index in [2.05, 4.69) is 11.2 Å². The molecule has 0 atom stereocenters. The molecular weight excluding hydrogens is 315 g/mol. The number of nitrogens with one attached hydrogen (secondary N) is 1. The van der Waals surface area contributed by atoms with Crippen LogP contribution in [0.1, 0.15) is 19.4 Å². The van der Waals surface area contributed by atoms with Gasteiger partial charge in [0.05, 0.1) is 6.54 Å². The molecule has 0 spiro atoms. The Balaban J connectivity index is 3.35. The summed E-state index contributed by atoms with van der Waals surface area (Å²) >= 11 is 5.91. The Morgan fingerprint density at radius 2 is 2.10 bits per heavy atom. The van der Waals surface area contributed by atoms with Crippen LogP contribution in [0.25, 0.3) is 0 Å². The summed E-state index contributed by atoms with van der Waals surface area (Å²) in [7, 11) is -4.01. The molecule has 116 valence electrons. The molecule has 0 heterocycles. The Hall–Kier alpha value is -1.13. The summed E-state index contributed by atoms with van der Waals surface area (Å²) in [5.41, 5.74) is 0.208. The SMILES string of the molecule is C#CCN(CC)S(=O)(=O)c1cc(Cl)cc(CNCC)c1F. The summed E-state index contributed by atoms with van der Waals surface area (Å²) in [6, 6.07) is 2.52. The Morgan fingerprint density at radius 3 is 2.62 bits per heavy atom. The highest BCUT2D eigenvalue weighted by molar-refractivity contribution is 7.89. The van der Waals surface area contributed by atoms with Crippen molar-refractivity contribution < 1.29 is 12.8 Å². The first-order chi connectivity index (χ1) is 9.88. The van der Waals surface area contributed by atoms with Gasteiger partial charge in [0.15, 0.2) is 0 Å². The van der Waals surface area contributed by atoms with Crippen LogP contribution in [-0.4, -0.2) is 32.4 Å². The van der Waals surface area contributed by atoms with Crippen molar-refractivity contribution >= 4 is 21.6 Å². The van der Waals surface area contributed by atoms with Crippen LogP contribution in [-0.2, 0) is 16.6 Å². The van der Waals surface area contributed by atoms with Crippen LogP contribution >= 0.6 is 11.6 Å². The minimum Gasteiger partial charge on any atom is -0.313 e. The number of rotatable bonds is 7. The van der Waals surface area contributed by atoms with E-state index in [1.807, 2.05) is 6.92 Å². The molecule has 0 bridgehead atoms. The van der Waals surface area contributed by atoms with Gasteiger partial charge in [-0.15, -0.1) is 6.42 Å². The van der Waals surface area contributed by atoms with Gasteiger partial charge in [-0.05, 0) is 18.7 Å². The molecule has 7 heteroatoms. The van der Waals surface area contributed by atoms with Gasteiger partial charge in [0.2, 0.25) is 10.0 Å². The Morgan fingerprint density at radius 1 is 1.43 bits per heavy atom. The highest BCUT2D eigenvalue weighted by Gasteiger charge is 2.27. The summed E-state index contributed by atoms with van der Waals surface area (Å²) in [6.45, 7) is 4.37. The zero-order valence-electron chi connectivity index (χ0n) is 12.0. The van der Waals surface area contributed by atoms with E-state index in [0.29, 0.717) is 6.54 Å². The molecule has 1 N–H and O–H groups in total. The van der Waals surface area contributed by atoms with E-state index in [0.717, 1.165) is 10.4 Å². The lowest BCUT2D eigenvalue weighted by Gasteiger charge is -2.19. The van der Waals surface area contributed by atoms with Gasteiger partial charge in [-0.1, -0.05) is 31.4 Å². The molecule has 0 aliphatic rings. The van der Waals surface area contributed by atoms with Crippen molar-refractivity contribution in [2.75, 3.05) is 19.6 Å². The summed E-state index contributed by atoms with van der Waals surface area (Å²) < 4.78 is 40.4. The van der Waals surface area contributed by atoms with E-state index in [9.17, 15) is 12.8 Å². The maximum absolute atomic E-state index is 14.5. The molecule has 1 rings (SSSR count). The average molecular weight is 333 g/mol. The van der Waals surface area contributed by atoms with Crippen molar-refractivity contribution in [3.8, 4) is 12.3 Å². The van der Waals surface area contributed by atoms with E-state index in [4.69, 9.17) is 18.0 Å². The van der Waals surface area contributed by atoms with Crippen molar-refractivity contribution in [1.29, 1.82) is 0 Å². The van der Waals surface area contributed by atoms with Crippen LogP contribution in [0.5, 0.6) is 0 Å². The second-order valence-electron chi connectivity index (χ2n) is 4.29. The molecule has 0 fully saturated rings. The highest BCUT2D eigenvalue weighted by atomic mass is 35.5. The van der Waals surface area contributed by atoms with Gasteiger partial charge in [0, 0.05) is 23.7 Å². The summed E-state index contributed by atoms with van der Waals surface area (Å²) in [5.74, 6) is 1.46. The number of terminal acetylenes is 1. The molecule has 0 unspecified atom stereocenters. The van der Waals surface area contributed by atoms with E-state index in [1.54, 1.807) is 6.92 Å². The van der Waals surface area contributed by atoms with Gasteiger partial charge in [0.25, 0.3) is 0 Å². The number of benzene rings is 1. The Labute approximate surface area is 130 Å². The number of sulfonamides is 1. The van der Waals surface area contributed by atoms with Crippen LogP contribution in [0.4, 0.5) is 4.39 Å². The summed E-state index contributed by atoms with van der Waals surface area (Å²) in [4.78, 5) is -0.444. The fraction of sp³-hybridized carbons (Fsp3) is 0.429. The molecule has 0 saturated heterocycles. The maximum Gasteiger partial charge on any atom is 0.246 e. The van der Waals surface area contributed by atoms with E-state index in [-0.39, 0.29) is 30.2 Å². The topological polar surface area (TPSA) is 49.4 Å². The van der Waals surface area contributed by atoms with Crippen LogP contribution in [0.15, 0.2) is 17.0 Å². The molecule has 0 aliphatic carbocycles. The smallest absolute Gasteiger partial charge is 0.246 e. The normalized spacial score (nSPS) is 11.6. The van der Waals surface area contributed by atoms with Crippen LogP contribution < -0.4 is 5.32 Å². The van der Waals surface area contributed by atoms with E-state index >= 15 is 0 Å². The Kier molecular flexibility index (Phi) is 6.62. The Bertz CT molecular complexity index is 641. The third kappa shape index (κ3) is 4.17. The first-order valence-corrected chi connectivity index (χ1v) is 8.32. The van der Waals surface area contributed by atoms with Crippen molar-refractivity contribution in [2.45, 2.75) is 25.3 Å². The van der Waals surface area contributed by atoms with Gasteiger partial charge < -0.3 is 5.32 Å². The van der Waals surface area contributed by atoms with Gasteiger partial charge in [-0.25, -0.2) is 12.8 Å². The third-order valence-electron chi connectivity index (χ3n) is 2.88. The monoisotopic (exact) mass is 332 g/mol. The molecular formula is C14H18ClFN2O2S. The van der Waals surface area contributed by atoms with Crippen molar-refractivity contribution in [3.63, 3.8) is 0 Å². The summed E-state index contributed by atoms with van der Waals surface area (Å²) in [6.07, 6.45) is 5.16. The van der Waals surface area contributed by atoms with Gasteiger partial charge in [-0.2, -0.15) is 4.31 Å². The molecule has 0 radical (unpaired) electrons. The lowest BCUT2D eigenvalue weighted by Crippen LogP contribution is -2.32. The van der Waals surface area contributed by atoms with Crippen LogP contribution in [0.2, 0.25) is 5.02 Å². The van der Waals surface area contributed by atoms with E-state index < -0.39 is 20.7 Å². The predicted molar refractivity (Wildman–Crippen MR) is 82.1 cm³/mol. The predicted octanol–water partition coefficient (Wildman–Crippen LogP) is 2.23. The number of nitrogens with zero attached hydrogens (tertiary/aromatic N) is 1. The first kappa shape index (κ1) is 17.9. The molecule has 21 heavy (non-hydrogen) atoms. The number of hydrogen-bond donors (Lipinski definition) is 1. The fourth-order valence-electron chi connectivity index (χ4n) is 1.80. The number of hydrogen-bond acceptors (Lipinski definition) is 3. The maximum atomic E-state index is 14.5. The second-order valence-corrected chi connectivity index (χ2v) is 6.64. The largest absolute Gasteiger partial charge is 0.313 e. The lowest BCUT2D eigenvalue weighted by molar-refractivity contribution is 0.456. The van der Waals surface area contributed by atoms with E-state index in [1.165, 1.54) is 6.07 Å². The molecule has 0 saturated carbocycles. The second kappa shape index (κ2) is 7.76. The van der Waals surface area contributed by atoms with Crippen LogP contribution in [0.3, 0.4) is 0 Å². The molecule has 4 nitrogen and oxygen atoms in total. The van der Waals surface area contributed by atoms with Crippen molar-refractivity contribution in [3.05, 3.63) is 28.5 Å². The lowest BCUT2D eigenvalue weighted by atomic mass is 10.2. The van der Waals surface area contributed by atoms with Gasteiger partial charge in [0.1, 0.15) is 10.7 Å². The third-order valence-corrected chi connectivity index (χ3v) is 5.02. The molecule has 0 aliphatic heterocycles. The van der Waals surface area contributed by atoms with Gasteiger partial charge >= 0.3 is 0 Å². The molecule has 1 aromatic rings. The average Bonchev–Trinajstić information content (AvgIpc) is 2.44. The first-order valence-electron chi connectivity index (χ1n) is 6.50. The fourth-order valence-corrected chi connectivity index (χ4v) is 3.60. The summed E-state index contributed by atoms with van der Waals surface area (Å²) in [5, 5.41) is 3.11. The minimum absolute atomic E-state index is 0.118.